The Kier molecular flexibility index (Phi) is 3.35. The highest BCUT2D eigenvalue weighted by Crippen LogP contribution is 1.89. The number of carboxylic acids is 1. The molecular weight excluding hydrogens is 120 g/mol. The maximum Gasteiger partial charge on any atom is 0.327 e. The Morgan fingerprint density at radius 1 is 1.67 bits per heavy atom. The van der Waals surface area contributed by atoms with E-state index in [2.05, 4.69) is 0 Å². The fourth-order valence-corrected chi connectivity index (χ4v) is 0.279. The van der Waals surface area contributed by atoms with E-state index >= 15 is 0 Å². The molecule has 0 saturated heterocycles. The molecule has 0 fully saturated rings. The van der Waals surface area contributed by atoms with Crippen LogP contribution in [0, 0.1) is 5.92 Å². The van der Waals surface area contributed by atoms with E-state index in [1.807, 2.05) is 0 Å². The Morgan fingerprint density at radius 3 is 2.56 bits per heavy atom. The Bertz CT molecular complexity index is 137. The zero-order chi connectivity index (χ0) is 7.28. The van der Waals surface area contributed by atoms with Gasteiger partial charge in [-0.1, -0.05) is 13.0 Å². The van der Waals surface area contributed by atoms with Crippen molar-refractivity contribution in [1.82, 2.24) is 0 Å². The lowest BCUT2D eigenvalue weighted by Gasteiger charge is -1.87. The second-order valence-corrected chi connectivity index (χ2v) is 1.69. The molecule has 0 aromatic carbocycles. The molecule has 0 aliphatic heterocycles. The third-order valence-corrected chi connectivity index (χ3v) is 0.757. The van der Waals surface area contributed by atoms with Crippen molar-refractivity contribution in [2.75, 3.05) is 0 Å². The smallest absolute Gasteiger partial charge is 0.327 e. The number of aldehydes is 1. The van der Waals surface area contributed by atoms with E-state index in [1.54, 1.807) is 6.92 Å². The number of carbonyl (C=O) groups is 2. The maximum absolute atomic E-state index is 9.87. The summed E-state index contributed by atoms with van der Waals surface area (Å²) in [6, 6.07) is 0. The van der Waals surface area contributed by atoms with Gasteiger partial charge in [0.1, 0.15) is 6.29 Å². The van der Waals surface area contributed by atoms with E-state index in [4.69, 9.17) is 5.11 Å². The molecule has 1 atom stereocenters. The van der Waals surface area contributed by atoms with Crippen LogP contribution in [0.15, 0.2) is 12.2 Å². The van der Waals surface area contributed by atoms with E-state index in [9.17, 15) is 9.59 Å². The van der Waals surface area contributed by atoms with Crippen molar-refractivity contribution in [1.29, 1.82) is 0 Å². The summed E-state index contributed by atoms with van der Waals surface area (Å²) in [5.74, 6) is -1.33. The van der Waals surface area contributed by atoms with Crippen LogP contribution in [-0.4, -0.2) is 17.4 Å². The molecule has 0 aromatic heterocycles. The van der Waals surface area contributed by atoms with Crippen LogP contribution < -0.4 is 0 Å². The molecule has 50 valence electrons. The Hall–Kier alpha value is -1.12. The van der Waals surface area contributed by atoms with Crippen molar-refractivity contribution >= 4 is 12.3 Å². The molecular formula is C6H8O3. The van der Waals surface area contributed by atoms with Gasteiger partial charge in [0, 0.05) is 12.0 Å². The van der Waals surface area contributed by atoms with Crippen LogP contribution in [-0.2, 0) is 9.59 Å². The summed E-state index contributed by atoms with van der Waals surface area (Å²) < 4.78 is 0. The molecule has 0 aliphatic rings. The summed E-state index contributed by atoms with van der Waals surface area (Å²) >= 11 is 0. The van der Waals surface area contributed by atoms with E-state index in [0.29, 0.717) is 6.29 Å². The summed E-state index contributed by atoms with van der Waals surface area (Å²) in [7, 11) is 0. The average Bonchev–Trinajstić information content (AvgIpc) is 1.83. The first-order chi connectivity index (χ1) is 4.16. The molecule has 0 aliphatic carbocycles. The van der Waals surface area contributed by atoms with E-state index in [1.165, 1.54) is 6.08 Å². The fourth-order valence-electron chi connectivity index (χ4n) is 0.279. The predicted octanol–water partition coefficient (Wildman–Crippen LogP) is 0.462. The zero-order valence-electron chi connectivity index (χ0n) is 5.07. The van der Waals surface area contributed by atoms with Crippen molar-refractivity contribution in [3.63, 3.8) is 0 Å². The van der Waals surface area contributed by atoms with Crippen molar-refractivity contribution < 1.29 is 14.7 Å². The minimum atomic E-state index is -1.02. The highest BCUT2D eigenvalue weighted by molar-refractivity contribution is 5.80. The molecule has 0 amide bonds. The van der Waals surface area contributed by atoms with Crippen LogP contribution in [0.5, 0.6) is 0 Å². The number of carbonyl (C=O) groups excluding carboxylic acids is 1. The first-order valence-electron chi connectivity index (χ1n) is 2.53. The van der Waals surface area contributed by atoms with Gasteiger partial charge in [0.2, 0.25) is 0 Å². The predicted molar refractivity (Wildman–Crippen MR) is 32.0 cm³/mol. The highest BCUT2D eigenvalue weighted by atomic mass is 16.4. The fraction of sp³-hybridized carbons (Fsp3) is 0.333. The molecule has 0 rings (SSSR count). The first-order valence-corrected chi connectivity index (χ1v) is 2.53. The number of aliphatic carboxylic acids is 1. The van der Waals surface area contributed by atoms with E-state index in [0.717, 1.165) is 6.08 Å². The van der Waals surface area contributed by atoms with E-state index in [-0.39, 0.29) is 5.92 Å². The molecule has 1 unspecified atom stereocenters. The van der Waals surface area contributed by atoms with Gasteiger partial charge >= 0.3 is 5.97 Å². The summed E-state index contributed by atoms with van der Waals surface area (Å²) in [6.07, 6.45) is 2.97. The molecule has 1 N–H and O–H groups in total. The Morgan fingerprint density at radius 2 is 2.22 bits per heavy atom. The minimum absolute atomic E-state index is 0.305. The van der Waals surface area contributed by atoms with Gasteiger partial charge in [0.25, 0.3) is 0 Å². The number of hydrogen-bond donors (Lipinski definition) is 1. The summed E-state index contributed by atoms with van der Waals surface area (Å²) in [6.45, 7) is 1.62. The molecule has 3 nitrogen and oxygen atoms in total. The first kappa shape index (κ1) is 7.88. The Balaban J connectivity index is 3.69. The summed E-state index contributed by atoms with van der Waals surface area (Å²) in [5.41, 5.74) is 0. The van der Waals surface area contributed by atoms with Crippen LogP contribution in [0.2, 0.25) is 0 Å². The zero-order valence-corrected chi connectivity index (χ0v) is 5.07. The summed E-state index contributed by atoms with van der Waals surface area (Å²) in [5, 5.41) is 8.06. The molecule has 0 heterocycles. The quantitative estimate of drug-likeness (QED) is 0.443. The second kappa shape index (κ2) is 3.83. The van der Waals surface area contributed by atoms with E-state index < -0.39 is 5.97 Å². The number of rotatable bonds is 3. The molecule has 0 radical (unpaired) electrons. The second-order valence-electron chi connectivity index (χ2n) is 1.69. The molecule has 0 saturated carbocycles. The van der Waals surface area contributed by atoms with Crippen molar-refractivity contribution in [3.8, 4) is 0 Å². The van der Waals surface area contributed by atoms with Crippen molar-refractivity contribution in [3.05, 3.63) is 12.2 Å². The van der Waals surface area contributed by atoms with Gasteiger partial charge in [0.05, 0.1) is 0 Å². The highest BCUT2D eigenvalue weighted by Gasteiger charge is 1.92. The number of carboxylic acid groups (broad SMARTS) is 1. The van der Waals surface area contributed by atoms with Gasteiger partial charge in [-0.15, -0.1) is 0 Å². The van der Waals surface area contributed by atoms with Crippen LogP contribution in [0.25, 0.3) is 0 Å². The van der Waals surface area contributed by atoms with Crippen LogP contribution in [0.3, 0.4) is 0 Å². The number of allylic oxidation sites excluding steroid dienone is 1. The maximum atomic E-state index is 9.87. The molecule has 0 bridgehead atoms. The topological polar surface area (TPSA) is 54.4 Å². The lowest BCUT2D eigenvalue weighted by molar-refractivity contribution is -0.131. The number of hydrogen-bond acceptors (Lipinski definition) is 2. The third kappa shape index (κ3) is 4.74. The average molecular weight is 128 g/mol. The van der Waals surface area contributed by atoms with Gasteiger partial charge in [-0.3, -0.25) is 0 Å². The van der Waals surface area contributed by atoms with Gasteiger partial charge < -0.3 is 9.90 Å². The molecule has 0 aromatic rings. The SMILES string of the molecule is CC(C=O)C=CC(=O)O. The third-order valence-electron chi connectivity index (χ3n) is 0.757. The summed E-state index contributed by atoms with van der Waals surface area (Å²) in [4.78, 5) is 19.7. The molecule has 0 spiro atoms. The van der Waals surface area contributed by atoms with Gasteiger partial charge in [-0.25, -0.2) is 4.79 Å². The van der Waals surface area contributed by atoms with Gasteiger partial charge in [0.15, 0.2) is 0 Å². The lowest BCUT2D eigenvalue weighted by atomic mass is 10.2. The Labute approximate surface area is 53.0 Å². The molecule has 3 heteroatoms. The normalized spacial score (nSPS) is 13.4. The monoisotopic (exact) mass is 128 g/mol. The molecule has 9 heavy (non-hydrogen) atoms. The largest absolute Gasteiger partial charge is 0.478 e. The van der Waals surface area contributed by atoms with Crippen LogP contribution in [0.4, 0.5) is 0 Å². The standard InChI is InChI=1S/C6H8O3/c1-5(4-7)2-3-6(8)9/h2-5H,1H3,(H,8,9). The van der Waals surface area contributed by atoms with Crippen molar-refractivity contribution in [2.45, 2.75) is 6.92 Å². The lowest BCUT2D eigenvalue weighted by Crippen LogP contribution is -1.92. The minimum Gasteiger partial charge on any atom is -0.478 e. The van der Waals surface area contributed by atoms with Crippen molar-refractivity contribution in [2.24, 2.45) is 5.92 Å². The van der Waals surface area contributed by atoms with Gasteiger partial charge in [-0.2, -0.15) is 0 Å². The van der Waals surface area contributed by atoms with Crippen LogP contribution >= 0.6 is 0 Å². The van der Waals surface area contributed by atoms with Crippen LogP contribution in [0.1, 0.15) is 6.92 Å². The van der Waals surface area contributed by atoms with Gasteiger partial charge in [-0.05, 0) is 0 Å².